The van der Waals surface area contributed by atoms with Gasteiger partial charge in [-0.15, -0.1) is 0 Å². The summed E-state index contributed by atoms with van der Waals surface area (Å²) in [6, 6.07) is 0. The van der Waals surface area contributed by atoms with Crippen LogP contribution >= 0.6 is 15.6 Å². The number of aliphatic hydroxyl groups is 1. The molecule has 0 aromatic heterocycles. The summed E-state index contributed by atoms with van der Waals surface area (Å²) in [5.74, 6) is -1.30. The molecule has 3 unspecified atom stereocenters. The van der Waals surface area contributed by atoms with Gasteiger partial charge < -0.3 is 33.8 Å². The van der Waals surface area contributed by atoms with Crippen molar-refractivity contribution in [3.63, 3.8) is 0 Å². The number of ether oxygens (including phenoxy) is 4. The minimum Gasteiger partial charge on any atom is -0.462 e. The number of carbonyl (C=O) groups is 4. The summed E-state index contributed by atoms with van der Waals surface area (Å²) in [6.45, 7) is 7.33. The Labute approximate surface area is 588 Å². The molecule has 570 valence electrons. The number of carbonyl (C=O) groups excluding carboxylic acids is 4. The number of hydrogen-bond donors (Lipinski definition) is 3. The fourth-order valence-electron chi connectivity index (χ4n) is 11.8. The zero-order valence-corrected chi connectivity index (χ0v) is 64.3. The van der Waals surface area contributed by atoms with Crippen LogP contribution in [-0.4, -0.2) is 96.7 Å². The Morgan fingerprint density at radius 2 is 0.500 bits per heavy atom. The minimum absolute atomic E-state index is 0.108. The molecule has 0 aromatic carbocycles. The second-order valence-corrected chi connectivity index (χ2v) is 30.9. The molecule has 0 heterocycles. The van der Waals surface area contributed by atoms with Crippen LogP contribution in [0.1, 0.15) is 407 Å². The number of rotatable bonds is 77. The molecule has 0 aromatic rings. The van der Waals surface area contributed by atoms with Gasteiger partial charge in [0.25, 0.3) is 0 Å². The predicted octanol–water partition coefficient (Wildman–Crippen LogP) is 22.9. The predicted molar refractivity (Wildman–Crippen MR) is 391 cm³/mol. The summed E-state index contributed by atoms with van der Waals surface area (Å²) in [7, 11) is -9.91. The maximum atomic E-state index is 13.1. The number of hydrogen-bond acceptors (Lipinski definition) is 15. The quantitative estimate of drug-likeness (QED) is 0.0222. The van der Waals surface area contributed by atoms with Gasteiger partial charge in [-0.25, -0.2) is 9.13 Å². The molecule has 6 atom stereocenters. The zero-order valence-electron chi connectivity index (χ0n) is 62.5. The van der Waals surface area contributed by atoms with Crippen LogP contribution in [-0.2, 0) is 65.4 Å². The van der Waals surface area contributed by atoms with Crippen molar-refractivity contribution in [1.29, 1.82) is 0 Å². The van der Waals surface area contributed by atoms with Crippen LogP contribution in [0.15, 0.2) is 0 Å². The topological polar surface area (TPSA) is 237 Å². The third-order valence-electron chi connectivity index (χ3n) is 18.4. The lowest BCUT2D eigenvalue weighted by molar-refractivity contribution is -0.161. The lowest BCUT2D eigenvalue weighted by atomic mass is 9.99. The normalized spacial score (nSPS) is 14.2. The Balaban J connectivity index is 5.24. The summed E-state index contributed by atoms with van der Waals surface area (Å²) in [6.07, 6.45) is 59.5. The van der Waals surface area contributed by atoms with Crippen LogP contribution in [0.25, 0.3) is 0 Å². The van der Waals surface area contributed by atoms with E-state index in [0.717, 1.165) is 95.8 Å². The van der Waals surface area contributed by atoms with Gasteiger partial charge in [-0.05, 0) is 31.6 Å². The third-order valence-corrected chi connectivity index (χ3v) is 20.3. The second kappa shape index (κ2) is 70.1. The van der Waals surface area contributed by atoms with Gasteiger partial charge in [0.05, 0.1) is 26.4 Å². The molecule has 0 aliphatic carbocycles. The van der Waals surface area contributed by atoms with Crippen molar-refractivity contribution in [2.45, 2.75) is 425 Å². The van der Waals surface area contributed by atoms with Crippen molar-refractivity contribution in [1.82, 2.24) is 0 Å². The second-order valence-electron chi connectivity index (χ2n) is 28.0. The highest BCUT2D eigenvalue weighted by molar-refractivity contribution is 7.47. The van der Waals surface area contributed by atoms with Crippen molar-refractivity contribution < 1.29 is 80.2 Å². The van der Waals surface area contributed by atoms with Gasteiger partial charge in [0, 0.05) is 25.7 Å². The van der Waals surface area contributed by atoms with Gasteiger partial charge in [-0.3, -0.25) is 37.3 Å². The summed E-state index contributed by atoms with van der Waals surface area (Å²) < 4.78 is 68.6. The molecular weight excluding hydrogens is 1260 g/mol. The standard InChI is InChI=1S/C77H150O17P2/c1-6-10-13-16-19-22-25-27-28-29-30-31-32-33-36-43-48-53-58-63-77(82)94-73(67-88-75(80)61-56-51-46-41-38-37-39-44-49-54-59-70(5)9-4)69-92-96(85,86)90-65-71(78)64-89-95(83,84)91-68-72(66-87-74(79)60-55-50-45-40-34-24-21-18-15-12-8-3)93-76(81)62-57-52-47-42-35-26-23-20-17-14-11-7-2/h70-73,78H,6-69H2,1-5H3,(H,83,84)(H,85,86)/t70?,71-,72+,73+/m0/s1. The summed E-state index contributed by atoms with van der Waals surface area (Å²) >= 11 is 0. The molecule has 0 aliphatic heterocycles. The first-order valence-corrected chi connectivity index (χ1v) is 43.2. The maximum Gasteiger partial charge on any atom is 0.472 e. The van der Waals surface area contributed by atoms with Gasteiger partial charge in [-0.2, -0.15) is 0 Å². The Bertz CT molecular complexity index is 1840. The lowest BCUT2D eigenvalue weighted by Crippen LogP contribution is -2.30. The molecule has 19 heteroatoms. The van der Waals surface area contributed by atoms with E-state index in [1.54, 1.807) is 0 Å². The number of aliphatic hydroxyl groups excluding tert-OH is 1. The lowest BCUT2D eigenvalue weighted by Gasteiger charge is -2.21. The molecule has 96 heavy (non-hydrogen) atoms. The van der Waals surface area contributed by atoms with Crippen LogP contribution in [0.5, 0.6) is 0 Å². The van der Waals surface area contributed by atoms with E-state index in [1.807, 2.05) is 0 Å². The number of esters is 4. The first kappa shape index (κ1) is 94.1. The van der Waals surface area contributed by atoms with E-state index < -0.39 is 97.5 Å². The Morgan fingerprint density at radius 3 is 0.740 bits per heavy atom. The largest absolute Gasteiger partial charge is 0.472 e. The fraction of sp³-hybridized carbons (Fsp3) is 0.948. The van der Waals surface area contributed by atoms with Crippen molar-refractivity contribution in [2.24, 2.45) is 5.92 Å². The molecule has 0 amide bonds. The zero-order chi connectivity index (χ0) is 70.5. The molecule has 0 radical (unpaired) electrons. The van der Waals surface area contributed by atoms with Gasteiger partial charge in [-0.1, -0.05) is 356 Å². The highest BCUT2D eigenvalue weighted by Gasteiger charge is 2.30. The molecule has 17 nitrogen and oxygen atoms in total. The first-order chi connectivity index (χ1) is 46.6. The summed E-state index contributed by atoms with van der Waals surface area (Å²) in [5, 5.41) is 10.6. The number of unbranched alkanes of at least 4 members (excludes halogenated alkanes) is 48. The smallest absolute Gasteiger partial charge is 0.462 e. The van der Waals surface area contributed by atoms with Crippen LogP contribution in [0, 0.1) is 5.92 Å². The van der Waals surface area contributed by atoms with E-state index in [9.17, 15) is 43.2 Å². The molecule has 0 fully saturated rings. The Kier molecular flexibility index (Phi) is 68.7. The molecule has 0 saturated heterocycles. The number of phosphoric ester groups is 2. The fourth-order valence-corrected chi connectivity index (χ4v) is 13.4. The monoisotopic (exact) mass is 1410 g/mol. The number of phosphoric acid groups is 2. The van der Waals surface area contributed by atoms with Crippen LogP contribution in [0.3, 0.4) is 0 Å². The van der Waals surface area contributed by atoms with Crippen LogP contribution in [0.4, 0.5) is 0 Å². The average molecular weight is 1410 g/mol. The van der Waals surface area contributed by atoms with E-state index in [-0.39, 0.29) is 25.7 Å². The highest BCUT2D eigenvalue weighted by atomic mass is 31.2. The molecule has 0 bridgehead atoms. The molecule has 0 saturated carbocycles. The van der Waals surface area contributed by atoms with E-state index in [0.29, 0.717) is 25.7 Å². The van der Waals surface area contributed by atoms with E-state index in [2.05, 4.69) is 34.6 Å². The molecule has 3 N–H and O–H groups in total. The van der Waals surface area contributed by atoms with Crippen LogP contribution < -0.4 is 0 Å². The van der Waals surface area contributed by atoms with Crippen molar-refractivity contribution in [2.75, 3.05) is 39.6 Å². The van der Waals surface area contributed by atoms with Gasteiger partial charge in [0.2, 0.25) is 0 Å². The Morgan fingerprint density at radius 1 is 0.292 bits per heavy atom. The first-order valence-electron chi connectivity index (χ1n) is 40.2. The highest BCUT2D eigenvalue weighted by Crippen LogP contribution is 2.45. The molecule has 0 aliphatic rings. The van der Waals surface area contributed by atoms with E-state index >= 15 is 0 Å². The van der Waals surface area contributed by atoms with E-state index in [4.69, 9.17) is 37.0 Å². The van der Waals surface area contributed by atoms with Crippen LogP contribution in [0.2, 0.25) is 0 Å². The summed E-state index contributed by atoms with van der Waals surface area (Å²) in [5.41, 5.74) is 0. The molecular formula is C77H150O17P2. The van der Waals surface area contributed by atoms with E-state index in [1.165, 1.54) is 231 Å². The van der Waals surface area contributed by atoms with Gasteiger partial charge in [0.15, 0.2) is 12.2 Å². The van der Waals surface area contributed by atoms with Crippen molar-refractivity contribution >= 4 is 39.5 Å². The van der Waals surface area contributed by atoms with Crippen molar-refractivity contribution in [3.8, 4) is 0 Å². The Hall–Kier alpha value is -1.94. The van der Waals surface area contributed by atoms with Crippen molar-refractivity contribution in [3.05, 3.63) is 0 Å². The third kappa shape index (κ3) is 69.2. The molecule has 0 rings (SSSR count). The SMILES string of the molecule is CCCCCCCCCCCCCCCCCCCCCC(=O)O[C@H](COC(=O)CCCCCCCCCCCCC(C)CC)COP(=O)(O)OC[C@@H](O)COP(=O)(O)OC[C@@H](COC(=O)CCCCCCCCCCCCC)OC(=O)CCCCCCCCCCCCCC. The molecule has 0 spiro atoms. The minimum atomic E-state index is -4.96. The van der Waals surface area contributed by atoms with Gasteiger partial charge in [0.1, 0.15) is 19.3 Å². The maximum absolute atomic E-state index is 13.1. The van der Waals surface area contributed by atoms with Gasteiger partial charge >= 0.3 is 39.5 Å². The summed E-state index contributed by atoms with van der Waals surface area (Å²) in [4.78, 5) is 72.8. The average Bonchev–Trinajstić information content (AvgIpc) is 1.27.